The largest absolute Gasteiger partial charge is 0.393 e. The van der Waals surface area contributed by atoms with Crippen LogP contribution in [0.15, 0.2) is 0 Å². The Bertz CT molecular complexity index is 241. The van der Waals surface area contributed by atoms with E-state index >= 15 is 0 Å². The third-order valence-corrected chi connectivity index (χ3v) is 4.41. The highest BCUT2D eigenvalue weighted by Crippen LogP contribution is 2.32. The Balaban J connectivity index is 1.80. The van der Waals surface area contributed by atoms with Crippen molar-refractivity contribution in [3.63, 3.8) is 0 Å². The van der Waals surface area contributed by atoms with Crippen molar-refractivity contribution >= 4 is 0 Å². The molecule has 1 saturated carbocycles. The molecular weight excluding hydrogens is 224 g/mol. The normalized spacial score (nSPS) is 31.8. The molecule has 2 aliphatic rings. The molecule has 3 heteroatoms. The van der Waals surface area contributed by atoms with Gasteiger partial charge >= 0.3 is 0 Å². The van der Waals surface area contributed by atoms with Gasteiger partial charge in [-0.05, 0) is 51.0 Å². The predicted octanol–water partition coefficient (Wildman–Crippen LogP) is 1.86. The van der Waals surface area contributed by atoms with Crippen molar-refractivity contribution < 1.29 is 5.11 Å². The van der Waals surface area contributed by atoms with Crippen molar-refractivity contribution in [2.75, 3.05) is 19.6 Å². The highest BCUT2D eigenvalue weighted by atomic mass is 16.3. The highest BCUT2D eigenvalue weighted by Gasteiger charge is 2.37. The highest BCUT2D eigenvalue weighted by molar-refractivity contribution is 4.93. The van der Waals surface area contributed by atoms with Gasteiger partial charge in [0.1, 0.15) is 0 Å². The van der Waals surface area contributed by atoms with E-state index in [1.807, 2.05) is 6.92 Å². The van der Waals surface area contributed by atoms with Gasteiger partial charge in [0.05, 0.1) is 6.10 Å². The Kier molecular flexibility index (Phi) is 5.05. The minimum atomic E-state index is -0.166. The number of aliphatic hydroxyl groups excluding tert-OH is 1. The van der Waals surface area contributed by atoms with Gasteiger partial charge < -0.3 is 10.4 Å². The molecule has 3 unspecified atom stereocenters. The summed E-state index contributed by atoms with van der Waals surface area (Å²) in [6.45, 7) is 9.91. The quantitative estimate of drug-likeness (QED) is 0.759. The number of likely N-dealkylation sites (tertiary alicyclic amines) is 1. The first kappa shape index (κ1) is 14.3. The van der Waals surface area contributed by atoms with Gasteiger partial charge in [-0.25, -0.2) is 0 Å². The number of hydrogen-bond acceptors (Lipinski definition) is 3. The first-order valence-corrected chi connectivity index (χ1v) is 7.71. The summed E-state index contributed by atoms with van der Waals surface area (Å²) in [5, 5.41) is 13.6. The summed E-state index contributed by atoms with van der Waals surface area (Å²) in [6, 6.07) is 1.40. The average Bonchev–Trinajstić information content (AvgIpc) is 3.11. The van der Waals surface area contributed by atoms with Gasteiger partial charge in [0, 0.05) is 25.2 Å². The molecule has 2 fully saturated rings. The molecule has 106 valence electrons. The summed E-state index contributed by atoms with van der Waals surface area (Å²) in [6.07, 6.45) is 4.95. The summed E-state index contributed by atoms with van der Waals surface area (Å²) in [5.74, 6) is 1.23. The number of nitrogens with zero attached hydrogens (tertiary/aromatic N) is 1. The lowest BCUT2D eigenvalue weighted by Crippen LogP contribution is -2.52. The molecule has 0 aromatic carbocycles. The van der Waals surface area contributed by atoms with Crippen LogP contribution in [0, 0.1) is 11.8 Å². The topological polar surface area (TPSA) is 35.5 Å². The third kappa shape index (κ3) is 4.22. The Morgan fingerprint density at radius 1 is 1.22 bits per heavy atom. The van der Waals surface area contributed by atoms with Crippen LogP contribution in [0.3, 0.4) is 0 Å². The Hall–Kier alpha value is -0.120. The summed E-state index contributed by atoms with van der Waals surface area (Å²) in [5.41, 5.74) is 0. The molecule has 2 N–H and O–H groups in total. The Morgan fingerprint density at radius 3 is 2.50 bits per heavy atom. The van der Waals surface area contributed by atoms with E-state index < -0.39 is 0 Å². The van der Waals surface area contributed by atoms with Gasteiger partial charge in [-0.1, -0.05) is 13.8 Å². The van der Waals surface area contributed by atoms with Crippen molar-refractivity contribution in [2.45, 2.75) is 64.6 Å². The maximum Gasteiger partial charge on any atom is 0.0553 e. The van der Waals surface area contributed by atoms with E-state index in [4.69, 9.17) is 0 Å². The lowest BCUT2D eigenvalue weighted by atomic mass is 9.90. The summed E-state index contributed by atoms with van der Waals surface area (Å²) in [4.78, 5) is 2.61. The van der Waals surface area contributed by atoms with Crippen LogP contribution in [0.25, 0.3) is 0 Å². The van der Waals surface area contributed by atoms with Crippen LogP contribution in [0.1, 0.15) is 46.5 Å². The van der Waals surface area contributed by atoms with E-state index in [1.165, 1.54) is 25.8 Å². The second-order valence-corrected chi connectivity index (χ2v) is 6.76. The van der Waals surface area contributed by atoms with Crippen molar-refractivity contribution in [3.8, 4) is 0 Å². The molecule has 3 atom stereocenters. The number of nitrogens with one attached hydrogen (secondary N) is 1. The van der Waals surface area contributed by atoms with Crippen LogP contribution in [0.5, 0.6) is 0 Å². The van der Waals surface area contributed by atoms with Crippen molar-refractivity contribution in [3.05, 3.63) is 0 Å². The molecule has 3 nitrogen and oxygen atoms in total. The molecule has 18 heavy (non-hydrogen) atoms. The summed E-state index contributed by atoms with van der Waals surface area (Å²) >= 11 is 0. The molecule has 2 rings (SSSR count). The first-order chi connectivity index (χ1) is 8.56. The SMILES string of the molecule is CC(C)CCNC1CC(C(C)O)CN(C2CC2)C1. The van der Waals surface area contributed by atoms with Crippen LogP contribution in [0.2, 0.25) is 0 Å². The van der Waals surface area contributed by atoms with Crippen LogP contribution in [-0.4, -0.2) is 47.8 Å². The lowest BCUT2D eigenvalue weighted by Gasteiger charge is -2.39. The Labute approximate surface area is 112 Å². The minimum absolute atomic E-state index is 0.166. The molecule has 1 heterocycles. The molecule has 1 saturated heterocycles. The molecule has 0 aromatic heterocycles. The van der Waals surface area contributed by atoms with E-state index in [0.717, 1.165) is 31.5 Å². The zero-order chi connectivity index (χ0) is 13.1. The van der Waals surface area contributed by atoms with E-state index in [2.05, 4.69) is 24.1 Å². The third-order valence-electron chi connectivity index (χ3n) is 4.41. The monoisotopic (exact) mass is 254 g/mol. The minimum Gasteiger partial charge on any atom is -0.393 e. The van der Waals surface area contributed by atoms with Gasteiger partial charge in [0.15, 0.2) is 0 Å². The van der Waals surface area contributed by atoms with E-state index in [0.29, 0.717) is 12.0 Å². The van der Waals surface area contributed by atoms with Gasteiger partial charge in [-0.15, -0.1) is 0 Å². The van der Waals surface area contributed by atoms with Crippen molar-refractivity contribution in [2.24, 2.45) is 11.8 Å². The fourth-order valence-electron chi connectivity index (χ4n) is 2.98. The van der Waals surface area contributed by atoms with E-state index in [9.17, 15) is 5.11 Å². The van der Waals surface area contributed by atoms with E-state index in [-0.39, 0.29) is 6.10 Å². The number of piperidine rings is 1. The number of hydrogen-bond donors (Lipinski definition) is 2. The van der Waals surface area contributed by atoms with Crippen LogP contribution in [0.4, 0.5) is 0 Å². The molecule has 0 radical (unpaired) electrons. The van der Waals surface area contributed by atoms with Gasteiger partial charge in [-0.2, -0.15) is 0 Å². The van der Waals surface area contributed by atoms with Gasteiger partial charge in [0.25, 0.3) is 0 Å². The van der Waals surface area contributed by atoms with Gasteiger partial charge in [0.2, 0.25) is 0 Å². The standard InChI is InChI=1S/C15H30N2O/c1-11(2)6-7-16-14-8-13(12(3)18)9-17(10-14)15-4-5-15/h11-16,18H,4-10H2,1-3H3. The average molecular weight is 254 g/mol. The Morgan fingerprint density at radius 2 is 1.94 bits per heavy atom. The molecule has 0 spiro atoms. The maximum atomic E-state index is 9.87. The molecular formula is C15H30N2O. The fourth-order valence-corrected chi connectivity index (χ4v) is 2.98. The predicted molar refractivity (Wildman–Crippen MR) is 75.6 cm³/mol. The number of aliphatic hydroxyl groups is 1. The molecule has 1 aliphatic heterocycles. The summed E-state index contributed by atoms with van der Waals surface area (Å²) < 4.78 is 0. The molecule has 0 aromatic rings. The molecule has 1 aliphatic carbocycles. The van der Waals surface area contributed by atoms with E-state index in [1.54, 1.807) is 0 Å². The van der Waals surface area contributed by atoms with Crippen LogP contribution >= 0.6 is 0 Å². The summed E-state index contributed by atoms with van der Waals surface area (Å²) in [7, 11) is 0. The fraction of sp³-hybridized carbons (Fsp3) is 1.00. The first-order valence-electron chi connectivity index (χ1n) is 7.71. The molecule has 0 amide bonds. The second-order valence-electron chi connectivity index (χ2n) is 6.76. The second kappa shape index (κ2) is 6.36. The van der Waals surface area contributed by atoms with Crippen LogP contribution < -0.4 is 5.32 Å². The van der Waals surface area contributed by atoms with Gasteiger partial charge in [-0.3, -0.25) is 4.90 Å². The number of rotatable bonds is 6. The lowest BCUT2D eigenvalue weighted by molar-refractivity contribution is 0.0446. The smallest absolute Gasteiger partial charge is 0.0553 e. The zero-order valence-corrected chi connectivity index (χ0v) is 12.2. The maximum absolute atomic E-state index is 9.87. The molecule has 0 bridgehead atoms. The van der Waals surface area contributed by atoms with Crippen molar-refractivity contribution in [1.29, 1.82) is 0 Å². The zero-order valence-electron chi connectivity index (χ0n) is 12.2. The van der Waals surface area contributed by atoms with Crippen molar-refractivity contribution in [1.82, 2.24) is 10.2 Å². The van der Waals surface area contributed by atoms with Crippen LogP contribution in [-0.2, 0) is 0 Å².